The smallest absolute Gasteiger partial charge is 0.178 e. The lowest BCUT2D eigenvalue weighted by Crippen LogP contribution is -2.49. The Labute approximate surface area is 141 Å². The minimum atomic E-state index is 0. The lowest BCUT2D eigenvalue weighted by atomic mass is 9.47. The lowest BCUT2D eigenvalue weighted by Gasteiger charge is -2.56. The van der Waals surface area contributed by atoms with Crippen LogP contribution in [0.5, 0.6) is 0 Å². The normalized spacial score (nSPS) is 44.9. The van der Waals surface area contributed by atoms with Crippen molar-refractivity contribution in [3.63, 3.8) is 0 Å². The number of carbonyl (C=O) groups is 1. The fourth-order valence-corrected chi connectivity index (χ4v) is 6.12. The van der Waals surface area contributed by atoms with E-state index < -0.39 is 0 Å². The number of hydrogen-bond acceptors (Lipinski definition) is 1. The van der Waals surface area contributed by atoms with Gasteiger partial charge in [0.15, 0.2) is 5.78 Å². The van der Waals surface area contributed by atoms with Crippen molar-refractivity contribution in [1.82, 2.24) is 0 Å². The van der Waals surface area contributed by atoms with Gasteiger partial charge < -0.3 is 0 Å². The number of allylic oxidation sites excluding steroid dienone is 6. The van der Waals surface area contributed by atoms with Crippen LogP contribution in [0.15, 0.2) is 48.1 Å². The molecule has 0 unspecified atom stereocenters. The molecule has 3 fully saturated rings. The summed E-state index contributed by atoms with van der Waals surface area (Å²) in [6.07, 6.45) is 11.9. The minimum absolute atomic E-state index is 0. The molecule has 0 aromatic heterocycles. The first kappa shape index (κ1) is 16.5. The van der Waals surface area contributed by atoms with E-state index in [9.17, 15) is 4.79 Å². The molecule has 4 aliphatic rings. The third-order valence-electron chi connectivity index (χ3n) is 7.49. The van der Waals surface area contributed by atoms with Gasteiger partial charge in [-0.1, -0.05) is 51.7 Å². The summed E-state index contributed by atoms with van der Waals surface area (Å²) in [5.41, 5.74) is 4.24. The third-order valence-corrected chi connectivity index (χ3v) is 7.49. The van der Waals surface area contributed by atoms with E-state index in [-0.39, 0.29) is 18.6 Å². The molecule has 4 rings (SSSR count). The lowest BCUT2D eigenvalue weighted by molar-refractivity contribution is -0.110. The van der Waals surface area contributed by atoms with Crippen molar-refractivity contribution in [3.05, 3.63) is 48.1 Å². The van der Waals surface area contributed by atoms with Crippen LogP contribution in [0, 0.1) is 28.6 Å². The van der Waals surface area contributed by atoms with E-state index >= 15 is 0 Å². The van der Waals surface area contributed by atoms with Gasteiger partial charge in [-0.15, -0.1) is 0 Å². The van der Waals surface area contributed by atoms with Crippen LogP contribution in [-0.2, 0) is 4.79 Å². The molecule has 0 saturated heterocycles. The molecule has 1 heteroatoms. The Morgan fingerprint density at radius 1 is 1.17 bits per heavy atom. The number of rotatable bonds is 0. The molecule has 4 aliphatic carbocycles. The fraction of sp³-hybridized carbons (Fsp3) is 0.591. The summed E-state index contributed by atoms with van der Waals surface area (Å²) in [4.78, 5) is 11.8. The molecule has 0 N–H and O–H groups in total. The van der Waals surface area contributed by atoms with Gasteiger partial charge in [0.05, 0.1) is 0 Å². The predicted molar refractivity (Wildman–Crippen MR) is 97.0 cm³/mol. The van der Waals surface area contributed by atoms with E-state index in [0.717, 1.165) is 12.3 Å². The van der Waals surface area contributed by atoms with Crippen LogP contribution in [0.4, 0.5) is 0 Å². The van der Waals surface area contributed by atoms with Gasteiger partial charge in [0.25, 0.3) is 0 Å². The van der Waals surface area contributed by atoms with Crippen molar-refractivity contribution in [2.75, 3.05) is 0 Å². The van der Waals surface area contributed by atoms with Crippen LogP contribution in [0.3, 0.4) is 0 Å². The van der Waals surface area contributed by atoms with Gasteiger partial charge in [-0.05, 0) is 73.0 Å². The molecule has 0 aromatic rings. The van der Waals surface area contributed by atoms with Gasteiger partial charge in [-0.2, -0.15) is 0 Å². The monoisotopic (exact) mass is 310 g/mol. The largest absolute Gasteiger partial charge is 0.290 e. The standard InChI is InChI=1S/C21H26O.CH4/c1-13-11-16-17-6-5-14(2)20(17,3)10-8-18(16)21(4)9-7-15(22)12-19(13)21;/h7,9,12,16-18H,1-2,5-6,8,10-11H2,3-4H3;1H4/t16-,17-,18-,20+,21+;/m0./s1. The minimum Gasteiger partial charge on any atom is -0.290 e. The van der Waals surface area contributed by atoms with E-state index in [2.05, 4.69) is 33.1 Å². The van der Waals surface area contributed by atoms with Crippen molar-refractivity contribution in [3.8, 4) is 0 Å². The van der Waals surface area contributed by atoms with E-state index in [0.29, 0.717) is 17.3 Å². The highest BCUT2D eigenvalue weighted by molar-refractivity contribution is 6.01. The second-order valence-corrected chi connectivity index (χ2v) is 8.36. The van der Waals surface area contributed by atoms with Gasteiger partial charge in [-0.25, -0.2) is 0 Å². The second-order valence-electron chi connectivity index (χ2n) is 8.36. The Bertz CT molecular complexity index is 649. The average molecular weight is 310 g/mol. The van der Waals surface area contributed by atoms with E-state index in [1.807, 2.05) is 6.08 Å². The molecule has 0 amide bonds. The molecule has 5 atom stereocenters. The molecule has 0 spiro atoms. The molecule has 0 aliphatic heterocycles. The Morgan fingerprint density at radius 2 is 1.91 bits per heavy atom. The van der Waals surface area contributed by atoms with Crippen molar-refractivity contribution in [2.24, 2.45) is 28.6 Å². The summed E-state index contributed by atoms with van der Waals surface area (Å²) in [6.45, 7) is 13.5. The zero-order chi connectivity index (χ0) is 15.7. The van der Waals surface area contributed by atoms with Gasteiger partial charge in [0.2, 0.25) is 0 Å². The second kappa shape index (κ2) is 5.06. The first-order valence-electron chi connectivity index (χ1n) is 8.68. The van der Waals surface area contributed by atoms with Crippen LogP contribution in [0.1, 0.15) is 53.4 Å². The maximum Gasteiger partial charge on any atom is 0.178 e. The Balaban J connectivity index is 0.00000156. The zero-order valence-electron chi connectivity index (χ0n) is 13.8. The van der Waals surface area contributed by atoms with Crippen molar-refractivity contribution in [2.45, 2.75) is 53.4 Å². The van der Waals surface area contributed by atoms with Crippen LogP contribution in [0.25, 0.3) is 0 Å². The summed E-state index contributed by atoms with van der Waals surface area (Å²) in [6, 6.07) is 0. The highest BCUT2D eigenvalue weighted by atomic mass is 16.1. The highest BCUT2D eigenvalue weighted by Gasteiger charge is 2.57. The SMILES string of the molecule is C.C=C1C[C@@H]2[C@H](CC[C@]3(C)C(=C)CC[C@@H]23)[C@@]2(C)C=CC(=O)C=C12. The van der Waals surface area contributed by atoms with Gasteiger partial charge in [0, 0.05) is 5.41 Å². The number of fused-ring (bicyclic) bond motifs is 5. The first-order valence-corrected chi connectivity index (χ1v) is 8.68. The maximum absolute atomic E-state index is 11.8. The molecular formula is C22H30O. The summed E-state index contributed by atoms with van der Waals surface area (Å²) in [5, 5.41) is 0. The first-order chi connectivity index (χ1) is 10.4. The molecule has 0 radical (unpaired) electrons. The molecule has 0 bridgehead atoms. The Morgan fingerprint density at radius 3 is 2.65 bits per heavy atom. The molecule has 0 heterocycles. The molecular weight excluding hydrogens is 280 g/mol. The highest BCUT2D eigenvalue weighted by Crippen LogP contribution is 2.66. The quantitative estimate of drug-likeness (QED) is 0.528. The van der Waals surface area contributed by atoms with Crippen molar-refractivity contribution < 1.29 is 4.79 Å². The van der Waals surface area contributed by atoms with Gasteiger partial charge >= 0.3 is 0 Å². The Hall–Kier alpha value is -1.37. The van der Waals surface area contributed by atoms with Crippen molar-refractivity contribution >= 4 is 5.78 Å². The van der Waals surface area contributed by atoms with Gasteiger partial charge in [-0.3, -0.25) is 4.79 Å². The van der Waals surface area contributed by atoms with Crippen LogP contribution < -0.4 is 0 Å². The average Bonchev–Trinajstić information content (AvgIpc) is 2.77. The molecule has 1 nitrogen and oxygen atoms in total. The third kappa shape index (κ3) is 2.01. The molecule has 3 saturated carbocycles. The van der Waals surface area contributed by atoms with Crippen LogP contribution in [-0.4, -0.2) is 5.78 Å². The summed E-state index contributed by atoms with van der Waals surface area (Å²) in [5.74, 6) is 2.23. The summed E-state index contributed by atoms with van der Waals surface area (Å²) >= 11 is 0. The molecule has 124 valence electrons. The Kier molecular flexibility index (Phi) is 3.63. The molecule has 23 heavy (non-hydrogen) atoms. The van der Waals surface area contributed by atoms with Crippen LogP contribution in [0.2, 0.25) is 0 Å². The zero-order valence-corrected chi connectivity index (χ0v) is 13.8. The molecule has 0 aromatic carbocycles. The number of hydrogen-bond donors (Lipinski definition) is 0. The van der Waals surface area contributed by atoms with Crippen LogP contribution >= 0.6 is 0 Å². The topological polar surface area (TPSA) is 17.1 Å². The maximum atomic E-state index is 11.8. The van der Waals surface area contributed by atoms with Crippen molar-refractivity contribution in [1.29, 1.82) is 0 Å². The van der Waals surface area contributed by atoms with E-state index in [4.69, 9.17) is 0 Å². The van der Waals surface area contributed by atoms with Gasteiger partial charge in [0.1, 0.15) is 0 Å². The predicted octanol–water partition coefficient (Wildman–Crippen LogP) is 5.65. The summed E-state index contributed by atoms with van der Waals surface area (Å²) in [7, 11) is 0. The number of ketones is 1. The summed E-state index contributed by atoms with van der Waals surface area (Å²) < 4.78 is 0. The fourth-order valence-electron chi connectivity index (χ4n) is 6.12. The van der Waals surface area contributed by atoms with E-state index in [1.165, 1.54) is 42.4 Å². The number of carbonyl (C=O) groups excluding carboxylic acids is 1. The van der Waals surface area contributed by atoms with E-state index in [1.54, 1.807) is 6.08 Å².